The van der Waals surface area contributed by atoms with Crippen LogP contribution >= 0.6 is 0 Å². The van der Waals surface area contributed by atoms with Gasteiger partial charge in [-0.1, -0.05) is 18.2 Å². The van der Waals surface area contributed by atoms with Crippen LogP contribution in [0.5, 0.6) is 0 Å². The number of Topliss-reactive ketones (excluding diaryl/α,β-unsaturated/α-hetero) is 1. The molecule has 2 heteroatoms. The van der Waals surface area contributed by atoms with Crippen molar-refractivity contribution in [3.8, 4) is 0 Å². The monoisotopic (exact) mass is 205 g/mol. The Balaban J connectivity index is 2.64. The first-order valence-corrected chi connectivity index (χ1v) is 5.23. The summed E-state index contributed by atoms with van der Waals surface area (Å²) in [5.41, 5.74) is 3.89. The summed E-state index contributed by atoms with van der Waals surface area (Å²) in [7, 11) is 1.97. The summed E-state index contributed by atoms with van der Waals surface area (Å²) >= 11 is 0. The lowest BCUT2D eigenvalue weighted by atomic mass is 10.1. The fourth-order valence-corrected chi connectivity index (χ4v) is 1.65. The maximum absolute atomic E-state index is 10.9. The van der Waals surface area contributed by atoms with Gasteiger partial charge in [-0.15, -0.1) is 0 Å². The van der Waals surface area contributed by atoms with Crippen molar-refractivity contribution < 1.29 is 4.79 Å². The van der Waals surface area contributed by atoms with Gasteiger partial charge >= 0.3 is 0 Å². The van der Waals surface area contributed by atoms with Gasteiger partial charge in [0.2, 0.25) is 0 Å². The Morgan fingerprint density at radius 2 is 1.93 bits per heavy atom. The van der Waals surface area contributed by atoms with E-state index in [0.29, 0.717) is 6.54 Å². The molecule has 0 fully saturated rings. The maximum Gasteiger partial charge on any atom is 0.143 e. The van der Waals surface area contributed by atoms with Gasteiger partial charge in [0.1, 0.15) is 5.78 Å². The number of benzene rings is 1. The molecule has 0 N–H and O–H groups in total. The highest BCUT2D eigenvalue weighted by atomic mass is 16.1. The second-order valence-electron chi connectivity index (χ2n) is 4.29. The Labute approximate surface area is 91.9 Å². The van der Waals surface area contributed by atoms with E-state index < -0.39 is 0 Å². The lowest BCUT2D eigenvalue weighted by Crippen LogP contribution is -2.23. The maximum atomic E-state index is 10.9. The minimum atomic E-state index is 0.210. The molecule has 0 bridgehead atoms. The van der Waals surface area contributed by atoms with Crippen molar-refractivity contribution in [1.82, 2.24) is 4.90 Å². The average molecular weight is 205 g/mol. The lowest BCUT2D eigenvalue weighted by molar-refractivity contribution is -0.117. The minimum absolute atomic E-state index is 0.210. The molecule has 0 amide bonds. The molecule has 1 rings (SSSR count). The van der Waals surface area contributed by atoms with E-state index in [9.17, 15) is 4.79 Å². The number of likely N-dealkylation sites (N-methyl/N-ethyl adjacent to an activating group) is 1. The van der Waals surface area contributed by atoms with Gasteiger partial charge in [-0.2, -0.15) is 0 Å². The molecule has 0 saturated heterocycles. The van der Waals surface area contributed by atoms with Crippen molar-refractivity contribution in [2.45, 2.75) is 27.3 Å². The predicted octanol–water partition coefficient (Wildman–Crippen LogP) is 2.32. The number of ketones is 1. The molecule has 82 valence electrons. The van der Waals surface area contributed by atoms with Crippen LogP contribution in [0.25, 0.3) is 0 Å². The van der Waals surface area contributed by atoms with E-state index in [4.69, 9.17) is 0 Å². The van der Waals surface area contributed by atoms with Gasteiger partial charge in [0.25, 0.3) is 0 Å². The summed E-state index contributed by atoms with van der Waals surface area (Å²) in [6, 6.07) is 6.44. The van der Waals surface area contributed by atoms with Gasteiger partial charge < -0.3 is 0 Å². The Morgan fingerprint density at radius 3 is 2.47 bits per heavy atom. The lowest BCUT2D eigenvalue weighted by Gasteiger charge is -2.15. The van der Waals surface area contributed by atoms with Crippen molar-refractivity contribution in [2.24, 2.45) is 0 Å². The molecule has 15 heavy (non-hydrogen) atoms. The molecule has 0 spiro atoms. The summed E-state index contributed by atoms with van der Waals surface area (Å²) in [6.45, 7) is 7.20. The van der Waals surface area contributed by atoms with Crippen LogP contribution in [0.3, 0.4) is 0 Å². The molecule has 0 aliphatic heterocycles. The highest BCUT2D eigenvalue weighted by Gasteiger charge is 2.03. The highest BCUT2D eigenvalue weighted by molar-refractivity contribution is 5.77. The number of carbonyl (C=O) groups is 1. The molecule has 0 aliphatic carbocycles. The first-order valence-electron chi connectivity index (χ1n) is 5.23. The molecule has 2 nitrogen and oxygen atoms in total. The molecular weight excluding hydrogens is 186 g/mol. The van der Waals surface area contributed by atoms with E-state index in [1.54, 1.807) is 6.92 Å². The average Bonchev–Trinajstić information content (AvgIpc) is 2.10. The van der Waals surface area contributed by atoms with Crippen LogP contribution in [0.2, 0.25) is 0 Å². The zero-order chi connectivity index (χ0) is 11.4. The van der Waals surface area contributed by atoms with Crippen molar-refractivity contribution in [3.05, 3.63) is 34.9 Å². The normalized spacial score (nSPS) is 10.7. The van der Waals surface area contributed by atoms with Crippen LogP contribution in [0.4, 0.5) is 0 Å². The summed E-state index contributed by atoms with van der Waals surface area (Å²) in [6.07, 6.45) is 0. The van der Waals surface area contributed by atoms with Crippen LogP contribution in [0, 0.1) is 13.8 Å². The molecule has 0 atom stereocenters. The van der Waals surface area contributed by atoms with Crippen LogP contribution < -0.4 is 0 Å². The van der Waals surface area contributed by atoms with Crippen LogP contribution in [0.15, 0.2) is 18.2 Å². The zero-order valence-corrected chi connectivity index (χ0v) is 10.0. The Bertz CT molecular complexity index is 358. The van der Waals surface area contributed by atoms with Crippen LogP contribution in [0.1, 0.15) is 23.6 Å². The third kappa shape index (κ3) is 3.84. The first-order chi connectivity index (χ1) is 6.99. The van der Waals surface area contributed by atoms with E-state index in [0.717, 1.165) is 6.54 Å². The minimum Gasteiger partial charge on any atom is -0.299 e. The van der Waals surface area contributed by atoms with Crippen LogP contribution in [-0.4, -0.2) is 24.3 Å². The predicted molar refractivity (Wildman–Crippen MR) is 62.9 cm³/mol. The third-order valence-electron chi connectivity index (χ3n) is 2.52. The number of rotatable bonds is 4. The standard InChI is InChI=1S/C13H19NO/c1-10-5-6-13(7-11(10)2)9-14(4)8-12(3)15/h5-7H,8-9H2,1-4H3. The van der Waals surface area contributed by atoms with Crippen LogP contribution in [-0.2, 0) is 11.3 Å². The number of carbonyl (C=O) groups excluding carboxylic acids is 1. The quantitative estimate of drug-likeness (QED) is 0.752. The fraction of sp³-hybridized carbons (Fsp3) is 0.462. The molecule has 0 aliphatic rings. The number of aryl methyl sites for hydroxylation is 2. The Kier molecular flexibility index (Phi) is 4.04. The largest absolute Gasteiger partial charge is 0.299 e. The molecule has 0 unspecified atom stereocenters. The van der Waals surface area contributed by atoms with Gasteiger partial charge in [-0.05, 0) is 44.5 Å². The molecule has 1 aromatic carbocycles. The van der Waals surface area contributed by atoms with E-state index in [2.05, 4.69) is 32.0 Å². The highest BCUT2D eigenvalue weighted by Crippen LogP contribution is 2.11. The SMILES string of the molecule is CC(=O)CN(C)Cc1ccc(C)c(C)c1. The van der Waals surface area contributed by atoms with E-state index >= 15 is 0 Å². The van der Waals surface area contributed by atoms with E-state index in [-0.39, 0.29) is 5.78 Å². The smallest absolute Gasteiger partial charge is 0.143 e. The number of hydrogen-bond donors (Lipinski definition) is 0. The molecule has 0 saturated carbocycles. The van der Waals surface area contributed by atoms with Gasteiger partial charge in [0, 0.05) is 6.54 Å². The first kappa shape index (κ1) is 11.9. The van der Waals surface area contributed by atoms with E-state index in [1.165, 1.54) is 16.7 Å². The Morgan fingerprint density at radius 1 is 1.27 bits per heavy atom. The van der Waals surface area contributed by atoms with Crippen molar-refractivity contribution in [2.75, 3.05) is 13.6 Å². The van der Waals surface area contributed by atoms with Gasteiger partial charge in [-0.3, -0.25) is 9.69 Å². The second kappa shape index (κ2) is 5.08. The molecule has 1 aromatic rings. The van der Waals surface area contributed by atoms with Gasteiger partial charge in [0.15, 0.2) is 0 Å². The molecule has 0 radical (unpaired) electrons. The molecular formula is C13H19NO. The van der Waals surface area contributed by atoms with Gasteiger partial charge in [-0.25, -0.2) is 0 Å². The fourth-order valence-electron chi connectivity index (χ4n) is 1.65. The summed E-state index contributed by atoms with van der Waals surface area (Å²) < 4.78 is 0. The summed E-state index contributed by atoms with van der Waals surface area (Å²) in [4.78, 5) is 13.0. The third-order valence-corrected chi connectivity index (χ3v) is 2.52. The van der Waals surface area contributed by atoms with E-state index in [1.807, 2.05) is 11.9 Å². The second-order valence-corrected chi connectivity index (χ2v) is 4.29. The number of hydrogen-bond acceptors (Lipinski definition) is 2. The zero-order valence-electron chi connectivity index (χ0n) is 10.0. The van der Waals surface area contributed by atoms with Gasteiger partial charge in [0.05, 0.1) is 6.54 Å². The van der Waals surface area contributed by atoms with Crippen molar-refractivity contribution >= 4 is 5.78 Å². The van der Waals surface area contributed by atoms with Crippen molar-refractivity contribution in [3.63, 3.8) is 0 Å². The van der Waals surface area contributed by atoms with Crippen molar-refractivity contribution in [1.29, 1.82) is 0 Å². The Hall–Kier alpha value is -1.15. The summed E-state index contributed by atoms with van der Waals surface area (Å²) in [5, 5.41) is 0. The summed E-state index contributed by atoms with van der Waals surface area (Å²) in [5.74, 6) is 0.210. The topological polar surface area (TPSA) is 20.3 Å². The molecule has 0 heterocycles. The molecule has 0 aromatic heterocycles. The number of nitrogens with zero attached hydrogens (tertiary/aromatic N) is 1.